The van der Waals surface area contributed by atoms with Gasteiger partial charge in [-0.1, -0.05) is 36.4 Å². The van der Waals surface area contributed by atoms with Crippen LogP contribution in [0.15, 0.2) is 48.5 Å². The molecule has 1 aliphatic carbocycles. The number of nitrogens with zero attached hydrogens (tertiary/aromatic N) is 1. The minimum absolute atomic E-state index is 0.0358. The molecule has 0 fully saturated rings. The lowest BCUT2D eigenvalue weighted by molar-refractivity contribution is -0.384. The van der Waals surface area contributed by atoms with Gasteiger partial charge in [0.1, 0.15) is 0 Å². The van der Waals surface area contributed by atoms with Crippen molar-refractivity contribution < 1.29 is 9.72 Å². The first-order valence-corrected chi connectivity index (χ1v) is 9.47. The molecule has 1 atom stereocenters. The summed E-state index contributed by atoms with van der Waals surface area (Å²) in [6.07, 6.45) is 3.16. The van der Waals surface area contributed by atoms with Crippen molar-refractivity contribution in [1.82, 2.24) is 5.32 Å². The van der Waals surface area contributed by atoms with Crippen LogP contribution in [-0.2, 0) is 17.0 Å². The van der Waals surface area contributed by atoms with Crippen LogP contribution < -0.4 is 5.32 Å². The van der Waals surface area contributed by atoms with Gasteiger partial charge in [-0.25, -0.2) is 0 Å². The number of carbonyl (C=O) groups excluding carboxylic acids is 1. The van der Waals surface area contributed by atoms with Crippen LogP contribution in [0.5, 0.6) is 0 Å². The summed E-state index contributed by atoms with van der Waals surface area (Å²) in [7, 11) is 0. The van der Waals surface area contributed by atoms with Crippen LogP contribution in [0, 0.1) is 10.1 Å². The lowest BCUT2D eigenvalue weighted by Gasteiger charge is -2.26. The molecule has 6 heteroatoms. The maximum absolute atomic E-state index is 12.2. The van der Waals surface area contributed by atoms with Crippen molar-refractivity contribution in [1.29, 1.82) is 0 Å². The molecule has 1 amide bonds. The summed E-state index contributed by atoms with van der Waals surface area (Å²) >= 11 is 1.52. The summed E-state index contributed by atoms with van der Waals surface area (Å²) in [5, 5.41) is 13.8. The quantitative estimate of drug-likeness (QED) is 0.627. The predicted molar refractivity (Wildman–Crippen MR) is 99.5 cm³/mol. The number of hydrogen-bond donors (Lipinski definition) is 1. The molecule has 2 aromatic rings. The number of nitrogens with one attached hydrogen (secondary N) is 1. The Bertz CT molecular complexity index is 762. The van der Waals surface area contributed by atoms with Crippen LogP contribution in [0.4, 0.5) is 5.69 Å². The Hall–Kier alpha value is -2.34. The Kier molecular flexibility index (Phi) is 5.71. The monoisotopic (exact) mass is 356 g/mol. The van der Waals surface area contributed by atoms with E-state index in [2.05, 4.69) is 17.4 Å². The molecule has 1 N–H and O–H groups in total. The first-order valence-electron chi connectivity index (χ1n) is 8.32. The van der Waals surface area contributed by atoms with Crippen molar-refractivity contribution in [2.75, 3.05) is 5.75 Å². The number of fused-ring (bicyclic) bond motifs is 1. The maximum atomic E-state index is 12.2. The number of nitro groups is 1. The van der Waals surface area contributed by atoms with Crippen LogP contribution in [0.2, 0.25) is 0 Å². The van der Waals surface area contributed by atoms with Crippen molar-refractivity contribution in [3.63, 3.8) is 0 Å². The van der Waals surface area contributed by atoms with Crippen molar-refractivity contribution in [2.45, 2.75) is 31.1 Å². The van der Waals surface area contributed by atoms with Gasteiger partial charge < -0.3 is 5.32 Å². The number of nitro benzene ring substituents is 1. The summed E-state index contributed by atoms with van der Waals surface area (Å²) in [4.78, 5) is 22.5. The van der Waals surface area contributed by atoms with Crippen molar-refractivity contribution >= 4 is 23.4 Å². The molecule has 0 spiro atoms. The molecule has 0 aromatic heterocycles. The molecule has 0 bridgehead atoms. The Morgan fingerprint density at radius 2 is 1.96 bits per heavy atom. The number of benzene rings is 2. The minimum Gasteiger partial charge on any atom is -0.349 e. The largest absolute Gasteiger partial charge is 0.349 e. The van der Waals surface area contributed by atoms with E-state index in [1.807, 2.05) is 12.1 Å². The lowest BCUT2D eigenvalue weighted by Crippen LogP contribution is -2.32. The maximum Gasteiger partial charge on any atom is 0.269 e. The number of hydrogen-bond acceptors (Lipinski definition) is 4. The fourth-order valence-electron chi connectivity index (χ4n) is 3.12. The number of non-ortho nitro benzene ring substituents is 1. The average Bonchev–Trinajstić information content (AvgIpc) is 2.62. The zero-order valence-electron chi connectivity index (χ0n) is 13.8. The standard InChI is InChI=1S/C19H20N2O3S/c22-19(13-25-12-14-8-10-16(11-9-14)21(23)24)20-18-7-3-5-15-4-1-2-6-17(15)18/h1-2,4,6,8-11,18H,3,5,7,12-13H2,(H,20,22)/t18-/m0/s1. The van der Waals surface area contributed by atoms with Crippen LogP contribution in [0.1, 0.15) is 35.6 Å². The van der Waals surface area contributed by atoms with Gasteiger partial charge in [-0.3, -0.25) is 14.9 Å². The third kappa shape index (κ3) is 4.60. The zero-order valence-corrected chi connectivity index (χ0v) is 14.6. The van der Waals surface area contributed by atoms with Crippen LogP contribution in [0.3, 0.4) is 0 Å². The summed E-state index contributed by atoms with van der Waals surface area (Å²) in [5.41, 5.74) is 3.63. The van der Waals surface area contributed by atoms with Gasteiger partial charge in [-0.15, -0.1) is 11.8 Å². The highest BCUT2D eigenvalue weighted by Gasteiger charge is 2.21. The number of amides is 1. The van der Waals surface area contributed by atoms with Gasteiger partial charge in [0.25, 0.3) is 5.69 Å². The average molecular weight is 356 g/mol. The molecule has 25 heavy (non-hydrogen) atoms. The van der Waals surface area contributed by atoms with E-state index >= 15 is 0 Å². The molecular formula is C19H20N2O3S. The highest BCUT2D eigenvalue weighted by atomic mass is 32.2. The molecule has 2 aromatic carbocycles. The third-order valence-corrected chi connectivity index (χ3v) is 5.36. The normalized spacial score (nSPS) is 16.1. The van der Waals surface area contributed by atoms with E-state index in [1.165, 1.54) is 35.0 Å². The molecular weight excluding hydrogens is 336 g/mol. The molecule has 0 radical (unpaired) electrons. The van der Waals surface area contributed by atoms with E-state index in [0.717, 1.165) is 24.8 Å². The second kappa shape index (κ2) is 8.16. The molecule has 1 aliphatic rings. The predicted octanol–water partition coefficient (Wildman–Crippen LogP) is 4.02. The second-order valence-electron chi connectivity index (χ2n) is 6.13. The van der Waals surface area contributed by atoms with E-state index < -0.39 is 4.92 Å². The highest BCUT2D eigenvalue weighted by molar-refractivity contribution is 7.99. The molecule has 5 nitrogen and oxygen atoms in total. The summed E-state index contributed by atoms with van der Waals surface area (Å²) in [5.74, 6) is 1.08. The third-order valence-electron chi connectivity index (χ3n) is 4.35. The van der Waals surface area contributed by atoms with Crippen molar-refractivity contribution in [3.8, 4) is 0 Å². The molecule has 0 saturated heterocycles. The van der Waals surface area contributed by atoms with Gasteiger partial charge in [-0.05, 0) is 36.0 Å². The van der Waals surface area contributed by atoms with E-state index in [1.54, 1.807) is 12.1 Å². The molecule has 0 heterocycles. The van der Waals surface area contributed by atoms with Crippen LogP contribution in [-0.4, -0.2) is 16.6 Å². The Morgan fingerprint density at radius 1 is 1.20 bits per heavy atom. The fourth-order valence-corrected chi connectivity index (χ4v) is 3.91. The van der Waals surface area contributed by atoms with E-state index in [9.17, 15) is 14.9 Å². The Morgan fingerprint density at radius 3 is 2.72 bits per heavy atom. The number of rotatable bonds is 6. The molecule has 3 rings (SSSR count). The van der Waals surface area contributed by atoms with E-state index in [4.69, 9.17) is 0 Å². The molecule has 130 valence electrons. The summed E-state index contributed by atoms with van der Waals surface area (Å²) < 4.78 is 0. The van der Waals surface area contributed by atoms with E-state index in [0.29, 0.717) is 11.5 Å². The molecule has 0 unspecified atom stereocenters. The van der Waals surface area contributed by atoms with Crippen LogP contribution in [0.25, 0.3) is 0 Å². The smallest absolute Gasteiger partial charge is 0.269 e. The van der Waals surface area contributed by atoms with Crippen molar-refractivity contribution in [3.05, 3.63) is 75.3 Å². The van der Waals surface area contributed by atoms with Gasteiger partial charge in [-0.2, -0.15) is 0 Å². The zero-order chi connectivity index (χ0) is 17.6. The number of aryl methyl sites for hydroxylation is 1. The summed E-state index contributed by atoms with van der Waals surface area (Å²) in [6.45, 7) is 0. The second-order valence-corrected chi connectivity index (χ2v) is 7.11. The van der Waals surface area contributed by atoms with E-state index in [-0.39, 0.29) is 17.6 Å². The van der Waals surface area contributed by atoms with Gasteiger partial charge in [0.15, 0.2) is 0 Å². The van der Waals surface area contributed by atoms with Gasteiger partial charge in [0, 0.05) is 17.9 Å². The summed E-state index contributed by atoms with van der Waals surface area (Å²) in [6, 6.07) is 14.9. The molecule has 0 aliphatic heterocycles. The fraction of sp³-hybridized carbons (Fsp3) is 0.316. The van der Waals surface area contributed by atoms with Gasteiger partial charge in [0.2, 0.25) is 5.91 Å². The van der Waals surface area contributed by atoms with Gasteiger partial charge in [0.05, 0.1) is 16.7 Å². The minimum atomic E-state index is -0.410. The topological polar surface area (TPSA) is 72.2 Å². The van der Waals surface area contributed by atoms with Crippen molar-refractivity contribution in [2.24, 2.45) is 0 Å². The lowest BCUT2D eigenvalue weighted by atomic mass is 9.88. The number of thioether (sulfide) groups is 1. The number of carbonyl (C=O) groups is 1. The van der Waals surface area contributed by atoms with Crippen LogP contribution >= 0.6 is 11.8 Å². The first-order chi connectivity index (χ1) is 12.1. The Labute approximate surface area is 151 Å². The molecule has 0 saturated carbocycles. The van der Waals surface area contributed by atoms with Gasteiger partial charge >= 0.3 is 0 Å². The Balaban J connectivity index is 1.48. The highest BCUT2D eigenvalue weighted by Crippen LogP contribution is 2.29. The SMILES string of the molecule is O=C(CSCc1ccc([N+](=O)[O-])cc1)N[C@H]1CCCc2ccccc21. The first kappa shape index (κ1) is 17.5.